The van der Waals surface area contributed by atoms with E-state index in [0.29, 0.717) is 11.1 Å². The summed E-state index contributed by atoms with van der Waals surface area (Å²) in [5.41, 5.74) is 2.17. The predicted octanol–water partition coefficient (Wildman–Crippen LogP) is 5.15. The summed E-state index contributed by atoms with van der Waals surface area (Å²) in [7, 11) is 0. The van der Waals surface area contributed by atoms with Crippen LogP contribution in [0.2, 0.25) is 0 Å². The molecule has 136 valence electrons. The van der Waals surface area contributed by atoms with Gasteiger partial charge in [0, 0.05) is 12.2 Å². The van der Waals surface area contributed by atoms with Gasteiger partial charge in [-0.05, 0) is 47.8 Å². The number of nitrogens with zero attached hydrogens (tertiary/aromatic N) is 1. The first-order chi connectivity index (χ1) is 12.8. The maximum absolute atomic E-state index is 12.6. The van der Waals surface area contributed by atoms with Gasteiger partial charge >= 0.3 is 0 Å². The summed E-state index contributed by atoms with van der Waals surface area (Å²) in [6, 6.07) is 17.7. The van der Waals surface area contributed by atoms with E-state index in [-0.39, 0.29) is 12.5 Å². The molecule has 1 aliphatic heterocycles. The number of carbonyl (C=O) groups is 1. The van der Waals surface area contributed by atoms with Crippen molar-refractivity contribution in [1.82, 2.24) is 0 Å². The Labute approximate surface area is 163 Å². The number of ether oxygens (including phenoxy) is 1. The van der Waals surface area contributed by atoms with Crippen molar-refractivity contribution >= 4 is 35.1 Å². The van der Waals surface area contributed by atoms with E-state index in [1.54, 1.807) is 11.0 Å². The van der Waals surface area contributed by atoms with Crippen molar-refractivity contribution in [3.8, 4) is 5.75 Å². The molecule has 26 heavy (non-hydrogen) atoms. The van der Waals surface area contributed by atoms with Crippen molar-refractivity contribution in [2.45, 2.75) is 11.0 Å². The number of benzene rings is 2. The SMILES string of the molecule is C=CCN(C(=O)COc1ccc(C2SCCCS2)cc1)c1ccccc1. The number of thioether (sulfide) groups is 2. The Morgan fingerprint density at radius 3 is 2.46 bits per heavy atom. The van der Waals surface area contributed by atoms with E-state index in [4.69, 9.17) is 4.74 Å². The average Bonchev–Trinajstić information content (AvgIpc) is 2.72. The first-order valence-corrected chi connectivity index (χ1v) is 10.8. The third-order valence-corrected chi connectivity index (χ3v) is 7.04. The minimum Gasteiger partial charge on any atom is -0.484 e. The Balaban J connectivity index is 1.58. The topological polar surface area (TPSA) is 29.5 Å². The van der Waals surface area contributed by atoms with Gasteiger partial charge in [0.25, 0.3) is 5.91 Å². The lowest BCUT2D eigenvalue weighted by molar-refractivity contribution is -0.120. The zero-order valence-corrected chi connectivity index (χ0v) is 16.3. The molecule has 2 aromatic rings. The summed E-state index contributed by atoms with van der Waals surface area (Å²) in [4.78, 5) is 14.2. The van der Waals surface area contributed by atoms with Gasteiger partial charge in [0.1, 0.15) is 5.75 Å². The molecule has 0 bridgehead atoms. The van der Waals surface area contributed by atoms with Crippen molar-refractivity contribution in [2.24, 2.45) is 0 Å². The van der Waals surface area contributed by atoms with Gasteiger partial charge in [-0.1, -0.05) is 36.4 Å². The Bertz CT molecular complexity index is 713. The van der Waals surface area contributed by atoms with Crippen molar-refractivity contribution in [1.29, 1.82) is 0 Å². The van der Waals surface area contributed by atoms with Gasteiger partial charge < -0.3 is 9.64 Å². The van der Waals surface area contributed by atoms with Crippen molar-refractivity contribution in [3.63, 3.8) is 0 Å². The van der Waals surface area contributed by atoms with Crippen molar-refractivity contribution in [3.05, 3.63) is 72.8 Å². The monoisotopic (exact) mass is 385 g/mol. The molecule has 2 aromatic carbocycles. The van der Waals surface area contributed by atoms with Crippen LogP contribution in [-0.2, 0) is 4.79 Å². The zero-order valence-electron chi connectivity index (χ0n) is 14.7. The molecule has 0 unspecified atom stereocenters. The minimum absolute atomic E-state index is 0.00894. The fraction of sp³-hybridized carbons (Fsp3) is 0.286. The van der Waals surface area contributed by atoms with Gasteiger partial charge in [-0.2, -0.15) is 0 Å². The number of anilines is 1. The van der Waals surface area contributed by atoms with E-state index >= 15 is 0 Å². The highest BCUT2D eigenvalue weighted by atomic mass is 32.2. The summed E-state index contributed by atoms with van der Waals surface area (Å²) in [5.74, 6) is 3.09. The van der Waals surface area contributed by atoms with Gasteiger partial charge in [-0.3, -0.25) is 4.79 Å². The molecule has 3 rings (SSSR count). The highest BCUT2D eigenvalue weighted by Crippen LogP contribution is 2.43. The fourth-order valence-corrected chi connectivity index (χ4v) is 5.61. The largest absolute Gasteiger partial charge is 0.484 e. The van der Waals surface area contributed by atoms with E-state index in [0.717, 1.165) is 11.4 Å². The van der Waals surface area contributed by atoms with Crippen LogP contribution in [0.3, 0.4) is 0 Å². The second-order valence-electron chi connectivity index (χ2n) is 5.91. The Hall–Kier alpha value is -1.85. The maximum atomic E-state index is 12.6. The quantitative estimate of drug-likeness (QED) is 0.616. The summed E-state index contributed by atoms with van der Waals surface area (Å²) in [5, 5.41) is 0. The number of rotatable bonds is 7. The lowest BCUT2D eigenvalue weighted by atomic mass is 10.2. The summed E-state index contributed by atoms with van der Waals surface area (Å²) >= 11 is 4.00. The minimum atomic E-state index is -0.0847. The van der Waals surface area contributed by atoms with Crippen LogP contribution in [0.5, 0.6) is 5.75 Å². The lowest BCUT2D eigenvalue weighted by Gasteiger charge is -2.22. The molecule has 5 heteroatoms. The van der Waals surface area contributed by atoms with Gasteiger partial charge in [0.05, 0.1) is 4.58 Å². The molecule has 0 aliphatic carbocycles. The highest BCUT2D eigenvalue weighted by Gasteiger charge is 2.17. The van der Waals surface area contributed by atoms with Crippen LogP contribution >= 0.6 is 23.5 Å². The zero-order chi connectivity index (χ0) is 18.2. The molecule has 1 amide bonds. The molecule has 0 aromatic heterocycles. The number of amides is 1. The molecule has 1 heterocycles. The highest BCUT2D eigenvalue weighted by molar-refractivity contribution is 8.16. The van der Waals surface area contributed by atoms with Gasteiger partial charge in [0.2, 0.25) is 0 Å². The number of hydrogen-bond donors (Lipinski definition) is 0. The summed E-state index contributed by atoms with van der Waals surface area (Å²) in [6.07, 6.45) is 3.01. The van der Waals surface area contributed by atoms with Crippen LogP contribution in [-0.4, -0.2) is 30.6 Å². The summed E-state index contributed by atoms with van der Waals surface area (Å²) in [6.45, 7) is 4.21. The standard InChI is InChI=1S/C21H23NO2S2/c1-2-13-22(18-7-4-3-5-8-18)20(23)16-24-19-11-9-17(10-12-19)21-25-14-6-15-26-21/h2-5,7-12,21H,1,6,13-16H2. The van der Waals surface area contributed by atoms with Crippen LogP contribution < -0.4 is 9.64 Å². The van der Waals surface area contributed by atoms with Crippen molar-refractivity contribution < 1.29 is 9.53 Å². The molecule has 0 spiro atoms. The van der Waals surface area contributed by atoms with E-state index < -0.39 is 0 Å². The molecule has 0 radical (unpaired) electrons. The van der Waals surface area contributed by atoms with Crippen LogP contribution in [0.25, 0.3) is 0 Å². The third kappa shape index (κ3) is 5.08. The maximum Gasteiger partial charge on any atom is 0.265 e. The molecular formula is C21H23NO2S2. The summed E-state index contributed by atoms with van der Waals surface area (Å²) < 4.78 is 6.23. The molecule has 1 saturated heterocycles. The van der Waals surface area contributed by atoms with Gasteiger partial charge in [-0.15, -0.1) is 30.1 Å². The Kier molecular flexibility index (Phi) is 7.09. The predicted molar refractivity (Wildman–Crippen MR) is 113 cm³/mol. The fourth-order valence-electron chi connectivity index (χ4n) is 2.71. The normalized spacial score (nSPS) is 14.6. The van der Waals surface area contributed by atoms with Gasteiger partial charge in [0.15, 0.2) is 6.61 Å². The second-order valence-corrected chi connectivity index (χ2v) is 8.64. The molecule has 0 saturated carbocycles. The Morgan fingerprint density at radius 2 is 1.81 bits per heavy atom. The molecule has 1 aliphatic rings. The molecular weight excluding hydrogens is 362 g/mol. The molecule has 0 atom stereocenters. The average molecular weight is 386 g/mol. The first kappa shape index (κ1) is 18.9. The van der Waals surface area contributed by atoms with E-state index in [2.05, 4.69) is 18.7 Å². The van der Waals surface area contributed by atoms with Crippen LogP contribution in [0.4, 0.5) is 5.69 Å². The van der Waals surface area contributed by atoms with Gasteiger partial charge in [-0.25, -0.2) is 0 Å². The second kappa shape index (κ2) is 9.74. The van der Waals surface area contributed by atoms with Crippen LogP contribution in [0.1, 0.15) is 16.6 Å². The molecule has 3 nitrogen and oxygen atoms in total. The molecule has 0 N–H and O–H groups in total. The van der Waals surface area contributed by atoms with Crippen LogP contribution in [0.15, 0.2) is 67.3 Å². The lowest BCUT2D eigenvalue weighted by Crippen LogP contribution is -2.35. The number of hydrogen-bond acceptors (Lipinski definition) is 4. The van der Waals surface area contributed by atoms with E-state index in [9.17, 15) is 4.79 Å². The van der Waals surface area contributed by atoms with Crippen LogP contribution in [0, 0.1) is 0 Å². The smallest absolute Gasteiger partial charge is 0.265 e. The first-order valence-electron chi connectivity index (χ1n) is 8.70. The number of para-hydroxylation sites is 1. The molecule has 1 fully saturated rings. The third-order valence-electron chi connectivity index (χ3n) is 4.02. The number of carbonyl (C=O) groups excluding carboxylic acids is 1. The Morgan fingerprint density at radius 1 is 1.12 bits per heavy atom. The van der Waals surface area contributed by atoms with Crippen molar-refractivity contribution in [2.75, 3.05) is 29.6 Å². The van der Waals surface area contributed by atoms with E-state index in [1.165, 1.54) is 23.5 Å². The van der Waals surface area contributed by atoms with E-state index in [1.807, 2.05) is 66.0 Å².